The minimum atomic E-state index is -3.50. The number of aryl methyl sites for hydroxylation is 1. The summed E-state index contributed by atoms with van der Waals surface area (Å²) in [6.07, 6.45) is 0. The van der Waals surface area contributed by atoms with Crippen LogP contribution in [0.25, 0.3) is 10.6 Å². The van der Waals surface area contributed by atoms with Crippen LogP contribution >= 0.6 is 11.3 Å². The Morgan fingerprint density at radius 3 is 2.54 bits per heavy atom. The molecule has 0 aliphatic carbocycles. The Bertz CT molecular complexity index is 1050. The normalized spacial score (nSPS) is 11.7. The summed E-state index contributed by atoms with van der Waals surface area (Å²) in [6, 6.07) is 11.9. The molecule has 0 aliphatic heterocycles. The van der Waals surface area contributed by atoms with Gasteiger partial charge in [0.05, 0.1) is 16.3 Å². The number of carbonyl (C=O) groups excluding carboxylic acids is 1. The predicted octanol–water partition coefficient (Wildman–Crippen LogP) is 2.60. The smallest absolute Gasteiger partial charge is 0.251 e. The van der Waals surface area contributed by atoms with Gasteiger partial charge in [0.25, 0.3) is 5.91 Å². The highest BCUT2D eigenvalue weighted by Crippen LogP contribution is 2.23. The second kappa shape index (κ2) is 8.26. The maximum atomic E-state index is 12.3. The lowest BCUT2D eigenvalue weighted by atomic mass is 10.2. The van der Waals surface area contributed by atoms with Crippen LogP contribution in [-0.2, 0) is 16.6 Å². The third-order valence-electron chi connectivity index (χ3n) is 4.26. The molecule has 0 spiro atoms. The number of amides is 1. The summed E-state index contributed by atoms with van der Waals surface area (Å²) in [7, 11) is -0.564. The van der Waals surface area contributed by atoms with E-state index in [1.165, 1.54) is 38.4 Å². The zero-order chi connectivity index (χ0) is 20.3. The molecule has 2 heterocycles. The maximum absolute atomic E-state index is 12.3. The number of carbonyl (C=O) groups is 1. The van der Waals surface area contributed by atoms with Crippen LogP contribution in [0, 0.1) is 6.92 Å². The van der Waals surface area contributed by atoms with Crippen LogP contribution in [0.15, 0.2) is 52.7 Å². The van der Waals surface area contributed by atoms with Crippen molar-refractivity contribution in [3.8, 4) is 10.6 Å². The van der Waals surface area contributed by atoms with E-state index < -0.39 is 10.0 Å². The van der Waals surface area contributed by atoms with Gasteiger partial charge in [-0.3, -0.25) is 9.48 Å². The lowest BCUT2D eigenvalue weighted by molar-refractivity contribution is 0.0951. The van der Waals surface area contributed by atoms with Crippen LogP contribution in [0.2, 0.25) is 0 Å². The molecule has 1 N–H and O–H groups in total. The van der Waals surface area contributed by atoms with E-state index in [1.807, 2.05) is 35.2 Å². The number of sulfonamides is 1. The van der Waals surface area contributed by atoms with Gasteiger partial charge in [-0.1, -0.05) is 6.07 Å². The highest BCUT2D eigenvalue weighted by molar-refractivity contribution is 7.89. The van der Waals surface area contributed by atoms with E-state index in [9.17, 15) is 13.2 Å². The highest BCUT2D eigenvalue weighted by atomic mass is 32.2. The van der Waals surface area contributed by atoms with E-state index in [0.29, 0.717) is 18.7 Å². The van der Waals surface area contributed by atoms with E-state index in [2.05, 4.69) is 10.4 Å². The summed E-state index contributed by atoms with van der Waals surface area (Å²) in [6.45, 7) is 2.95. The lowest BCUT2D eigenvalue weighted by Gasteiger charge is -2.11. The van der Waals surface area contributed by atoms with Gasteiger partial charge in [-0.05, 0) is 48.7 Å². The number of rotatable bonds is 7. The number of nitrogens with zero attached hydrogens (tertiary/aromatic N) is 3. The summed E-state index contributed by atoms with van der Waals surface area (Å²) in [5.41, 5.74) is 2.36. The Labute approximate surface area is 168 Å². The molecule has 0 saturated heterocycles. The van der Waals surface area contributed by atoms with Crippen LogP contribution in [0.3, 0.4) is 0 Å². The Hall–Kier alpha value is -2.49. The molecule has 3 rings (SSSR count). The van der Waals surface area contributed by atoms with Crippen molar-refractivity contribution < 1.29 is 13.2 Å². The molecule has 0 saturated carbocycles. The van der Waals surface area contributed by atoms with Gasteiger partial charge >= 0.3 is 0 Å². The molecule has 0 unspecified atom stereocenters. The van der Waals surface area contributed by atoms with Crippen molar-refractivity contribution in [1.29, 1.82) is 0 Å². The fraction of sp³-hybridized carbons (Fsp3) is 0.263. The van der Waals surface area contributed by atoms with Gasteiger partial charge in [-0.15, -0.1) is 11.3 Å². The molecule has 0 radical (unpaired) electrons. The second-order valence-corrected chi connectivity index (χ2v) is 9.54. The van der Waals surface area contributed by atoms with Crippen LogP contribution in [0.1, 0.15) is 16.1 Å². The average Bonchev–Trinajstić information content (AvgIpc) is 3.32. The molecule has 0 aliphatic rings. The topological polar surface area (TPSA) is 84.3 Å². The van der Waals surface area contributed by atoms with E-state index in [0.717, 1.165) is 20.6 Å². The van der Waals surface area contributed by atoms with Crippen molar-refractivity contribution in [1.82, 2.24) is 19.4 Å². The molecule has 28 heavy (non-hydrogen) atoms. The summed E-state index contributed by atoms with van der Waals surface area (Å²) in [5.74, 6) is -0.253. The minimum absolute atomic E-state index is 0.155. The zero-order valence-electron chi connectivity index (χ0n) is 15.9. The van der Waals surface area contributed by atoms with E-state index in [1.54, 1.807) is 11.3 Å². The zero-order valence-corrected chi connectivity index (χ0v) is 17.5. The van der Waals surface area contributed by atoms with Crippen molar-refractivity contribution in [2.75, 3.05) is 20.6 Å². The molecule has 3 aromatic rings. The Morgan fingerprint density at radius 2 is 1.93 bits per heavy atom. The monoisotopic (exact) mass is 418 g/mol. The van der Waals surface area contributed by atoms with E-state index in [4.69, 9.17) is 0 Å². The first-order chi connectivity index (χ1) is 13.3. The number of aromatic nitrogens is 2. The van der Waals surface area contributed by atoms with Crippen LogP contribution in [0.4, 0.5) is 0 Å². The summed E-state index contributed by atoms with van der Waals surface area (Å²) >= 11 is 1.64. The third-order valence-corrected chi connectivity index (χ3v) is 6.98. The van der Waals surface area contributed by atoms with Crippen LogP contribution < -0.4 is 5.32 Å². The highest BCUT2D eigenvalue weighted by Gasteiger charge is 2.17. The molecular weight excluding hydrogens is 396 g/mol. The fourth-order valence-electron chi connectivity index (χ4n) is 2.65. The molecule has 0 bridgehead atoms. The van der Waals surface area contributed by atoms with E-state index in [-0.39, 0.29) is 10.8 Å². The molecule has 0 fully saturated rings. The number of thiophene rings is 1. The van der Waals surface area contributed by atoms with Crippen molar-refractivity contribution in [3.05, 3.63) is 59.1 Å². The lowest BCUT2D eigenvalue weighted by Crippen LogP contribution is -2.28. The third kappa shape index (κ3) is 4.32. The molecular formula is C19H22N4O3S2. The Morgan fingerprint density at radius 1 is 1.21 bits per heavy atom. The molecule has 1 amide bonds. The SMILES string of the molecule is Cc1cc(-c2cccs2)nn1CCNC(=O)c1ccc(S(=O)(=O)N(C)C)cc1. The van der Waals surface area contributed by atoms with Gasteiger partial charge < -0.3 is 5.32 Å². The number of hydrogen-bond acceptors (Lipinski definition) is 5. The van der Waals surface area contributed by atoms with E-state index >= 15 is 0 Å². The van der Waals surface area contributed by atoms with Gasteiger partial charge in [0.2, 0.25) is 10.0 Å². The quantitative estimate of drug-likeness (QED) is 0.639. The molecule has 1 aromatic carbocycles. The first kappa shape index (κ1) is 20.2. The first-order valence-corrected chi connectivity index (χ1v) is 11.0. The second-order valence-electron chi connectivity index (χ2n) is 6.44. The minimum Gasteiger partial charge on any atom is -0.350 e. The van der Waals surface area contributed by atoms with Crippen molar-refractivity contribution >= 4 is 27.3 Å². The Balaban J connectivity index is 1.59. The molecule has 148 valence electrons. The van der Waals surface area contributed by atoms with Gasteiger partial charge in [0.15, 0.2) is 0 Å². The number of benzene rings is 1. The van der Waals surface area contributed by atoms with Gasteiger partial charge in [0, 0.05) is 31.9 Å². The number of hydrogen-bond donors (Lipinski definition) is 1. The van der Waals surface area contributed by atoms with Gasteiger partial charge in [-0.2, -0.15) is 5.10 Å². The standard InChI is InChI=1S/C19H22N4O3S2/c1-14-13-17(18-5-4-12-27-18)21-23(14)11-10-20-19(24)15-6-8-16(9-7-15)28(25,26)22(2)3/h4-9,12-13H,10-11H2,1-3H3,(H,20,24). The van der Waals surface area contributed by atoms with Crippen molar-refractivity contribution in [2.24, 2.45) is 0 Å². The van der Waals surface area contributed by atoms with Gasteiger partial charge in [0.1, 0.15) is 5.69 Å². The Kier molecular flexibility index (Phi) is 5.97. The summed E-state index contributed by atoms with van der Waals surface area (Å²) in [4.78, 5) is 13.6. The van der Waals surface area contributed by atoms with Gasteiger partial charge in [-0.25, -0.2) is 12.7 Å². The van der Waals surface area contributed by atoms with Crippen molar-refractivity contribution in [3.63, 3.8) is 0 Å². The van der Waals surface area contributed by atoms with Crippen molar-refractivity contribution in [2.45, 2.75) is 18.4 Å². The van der Waals surface area contributed by atoms with Crippen LogP contribution in [0.5, 0.6) is 0 Å². The molecule has 0 atom stereocenters. The predicted molar refractivity (Wildman–Crippen MR) is 110 cm³/mol. The average molecular weight is 419 g/mol. The summed E-state index contributed by atoms with van der Waals surface area (Å²) in [5, 5.41) is 9.44. The first-order valence-electron chi connectivity index (χ1n) is 8.68. The maximum Gasteiger partial charge on any atom is 0.251 e. The molecule has 9 heteroatoms. The summed E-state index contributed by atoms with van der Waals surface area (Å²) < 4.78 is 27.2. The molecule has 7 nitrogen and oxygen atoms in total. The number of nitrogens with one attached hydrogen (secondary N) is 1. The largest absolute Gasteiger partial charge is 0.350 e. The van der Waals surface area contributed by atoms with Crippen LogP contribution in [-0.4, -0.2) is 49.1 Å². The molecule has 2 aromatic heterocycles. The fourth-order valence-corrected chi connectivity index (χ4v) is 4.23.